The molecule has 0 radical (unpaired) electrons. The molecule has 0 aliphatic carbocycles. The van der Waals surface area contributed by atoms with Crippen molar-refractivity contribution < 1.29 is 14.3 Å². The number of hydrogen-bond donors (Lipinski definition) is 2. The number of amides is 2. The SMILES string of the molecule is CCOc1ccc(C(=O)NCC(=O)NCCc2ccc(Cl)cc2Cl)cc1. The van der Waals surface area contributed by atoms with E-state index in [0.29, 0.717) is 40.9 Å². The van der Waals surface area contributed by atoms with Crippen LogP contribution < -0.4 is 15.4 Å². The Balaban J connectivity index is 1.73. The van der Waals surface area contributed by atoms with Gasteiger partial charge in [-0.05, 0) is 55.3 Å². The molecular formula is C19H20Cl2N2O3. The van der Waals surface area contributed by atoms with Crippen molar-refractivity contribution in [2.75, 3.05) is 19.7 Å². The summed E-state index contributed by atoms with van der Waals surface area (Å²) in [6, 6.07) is 12.0. The second-order valence-corrected chi connectivity index (χ2v) is 6.32. The Morgan fingerprint density at radius 1 is 1.04 bits per heavy atom. The van der Waals surface area contributed by atoms with Crippen LogP contribution in [0.5, 0.6) is 5.75 Å². The Bertz CT molecular complexity index is 764. The lowest BCUT2D eigenvalue weighted by atomic mass is 10.1. The molecule has 0 fully saturated rings. The summed E-state index contributed by atoms with van der Waals surface area (Å²) in [5, 5.41) is 6.46. The molecule has 7 heteroatoms. The lowest BCUT2D eigenvalue weighted by Gasteiger charge is -2.09. The normalized spacial score (nSPS) is 10.3. The maximum Gasteiger partial charge on any atom is 0.251 e. The molecule has 0 heterocycles. The van der Waals surface area contributed by atoms with Crippen LogP contribution in [0, 0.1) is 0 Å². The number of ether oxygens (including phenoxy) is 1. The summed E-state index contributed by atoms with van der Waals surface area (Å²) in [7, 11) is 0. The van der Waals surface area contributed by atoms with Crippen molar-refractivity contribution in [1.82, 2.24) is 10.6 Å². The van der Waals surface area contributed by atoms with E-state index in [1.165, 1.54) is 0 Å². The van der Waals surface area contributed by atoms with Gasteiger partial charge in [0.05, 0.1) is 13.2 Å². The number of hydrogen-bond acceptors (Lipinski definition) is 3. The second-order valence-electron chi connectivity index (χ2n) is 5.48. The van der Waals surface area contributed by atoms with Gasteiger partial charge in [-0.15, -0.1) is 0 Å². The van der Waals surface area contributed by atoms with Crippen LogP contribution in [0.25, 0.3) is 0 Å². The Hall–Kier alpha value is -2.24. The average Bonchev–Trinajstić information content (AvgIpc) is 2.62. The molecular weight excluding hydrogens is 375 g/mol. The molecule has 0 spiro atoms. The van der Waals surface area contributed by atoms with Crippen molar-refractivity contribution in [2.45, 2.75) is 13.3 Å². The number of carbonyl (C=O) groups excluding carboxylic acids is 2. The summed E-state index contributed by atoms with van der Waals surface area (Å²) in [6.45, 7) is 2.77. The topological polar surface area (TPSA) is 67.4 Å². The number of nitrogens with one attached hydrogen (secondary N) is 2. The maximum absolute atomic E-state index is 12.0. The monoisotopic (exact) mass is 394 g/mol. The molecule has 2 aromatic carbocycles. The smallest absolute Gasteiger partial charge is 0.251 e. The number of halogens is 2. The van der Waals surface area contributed by atoms with Crippen LogP contribution in [0.15, 0.2) is 42.5 Å². The largest absolute Gasteiger partial charge is 0.494 e. The first kappa shape index (κ1) is 20.1. The maximum atomic E-state index is 12.0. The van der Waals surface area contributed by atoms with Gasteiger partial charge in [-0.2, -0.15) is 0 Å². The van der Waals surface area contributed by atoms with Crippen LogP contribution in [0.3, 0.4) is 0 Å². The van der Waals surface area contributed by atoms with Crippen molar-refractivity contribution in [2.24, 2.45) is 0 Å². The zero-order chi connectivity index (χ0) is 18.9. The quantitative estimate of drug-likeness (QED) is 0.719. The highest BCUT2D eigenvalue weighted by molar-refractivity contribution is 6.35. The molecule has 2 N–H and O–H groups in total. The van der Waals surface area contributed by atoms with E-state index in [0.717, 1.165) is 5.56 Å². The van der Waals surface area contributed by atoms with E-state index in [9.17, 15) is 9.59 Å². The molecule has 2 aromatic rings. The minimum absolute atomic E-state index is 0.0968. The van der Waals surface area contributed by atoms with Gasteiger partial charge >= 0.3 is 0 Å². The second kappa shape index (κ2) is 10.0. The van der Waals surface area contributed by atoms with Gasteiger partial charge in [0.15, 0.2) is 0 Å². The fourth-order valence-corrected chi connectivity index (χ4v) is 2.76. The first-order valence-electron chi connectivity index (χ1n) is 8.21. The molecule has 138 valence electrons. The van der Waals surface area contributed by atoms with E-state index < -0.39 is 0 Å². The Morgan fingerprint density at radius 2 is 1.77 bits per heavy atom. The number of carbonyl (C=O) groups is 2. The molecule has 26 heavy (non-hydrogen) atoms. The molecule has 0 unspecified atom stereocenters. The minimum Gasteiger partial charge on any atom is -0.494 e. The molecule has 0 aliphatic heterocycles. The summed E-state index contributed by atoms with van der Waals surface area (Å²) in [5.41, 5.74) is 1.36. The van der Waals surface area contributed by atoms with E-state index in [4.69, 9.17) is 27.9 Å². The lowest BCUT2D eigenvalue weighted by Crippen LogP contribution is -2.37. The predicted octanol–water partition coefficient (Wildman–Crippen LogP) is 3.48. The first-order chi connectivity index (χ1) is 12.5. The van der Waals surface area contributed by atoms with Crippen LogP contribution in [-0.4, -0.2) is 31.5 Å². The zero-order valence-corrected chi connectivity index (χ0v) is 15.9. The summed E-state index contributed by atoms with van der Waals surface area (Å²) < 4.78 is 5.32. The molecule has 0 atom stereocenters. The van der Waals surface area contributed by atoms with Crippen molar-refractivity contribution in [1.29, 1.82) is 0 Å². The van der Waals surface area contributed by atoms with Gasteiger partial charge in [0.1, 0.15) is 5.75 Å². The van der Waals surface area contributed by atoms with E-state index in [-0.39, 0.29) is 18.4 Å². The van der Waals surface area contributed by atoms with Crippen LogP contribution in [0.4, 0.5) is 0 Å². The number of benzene rings is 2. The van der Waals surface area contributed by atoms with Gasteiger partial charge in [-0.25, -0.2) is 0 Å². The molecule has 2 rings (SSSR count). The van der Waals surface area contributed by atoms with Gasteiger partial charge in [0.25, 0.3) is 5.91 Å². The van der Waals surface area contributed by atoms with Crippen LogP contribution in [-0.2, 0) is 11.2 Å². The highest BCUT2D eigenvalue weighted by Gasteiger charge is 2.08. The van der Waals surface area contributed by atoms with Crippen molar-refractivity contribution >= 4 is 35.0 Å². The van der Waals surface area contributed by atoms with Crippen molar-refractivity contribution in [3.63, 3.8) is 0 Å². The van der Waals surface area contributed by atoms with Crippen LogP contribution in [0.2, 0.25) is 10.0 Å². The van der Waals surface area contributed by atoms with Crippen molar-refractivity contribution in [3.05, 3.63) is 63.6 Å². The molecule has 0 bridgehead atoms. The average molecular weight is 395 g/mol. The Kier molecular flexibility index (Phi) is 7.75. The van der Waals surface area contributed by atoms with Gasteiger partial charge in [0.2, 0.25) is 5.91 Å². The van der Waals surface area contributed by atoms with Crippen LogP contribution >= 0.6 is 23.2 Å². The number of rotatable bonds is 8. The van der Waals surface area contributed by atoms with E-state index >= 15 is 0 Å². The third-order valence-electron chi connectivity index (χ3n) is 3.57. The van der Waals surface area contributed by atoms with E-state index in [1.807, 2.05) is 13.0 Å². The Labute approximate surface area is 162 Å². The fraction of sp³-hybridized carbons (Fsp3) is 0.263. The first-order valence-corrected chi connectivity index (χ1v) is 8.97. The third-order valence-corrected chi connectivity index (χ3v) is 4.16. The molecule has 0 aliphatic rings. The van der Waals surface area contributed by atoms with Crippen LogP contribution in [0.1, 0.15) is 22.8 Å². The molecule has 0 aromatic heterocycles. The predicted molar refractivity (Wildman–Crippen MR) is 103 cm³/mol. The summed E-state index contributed by atoms with van der Waals surface area (Å²) in [4.78, 5) is 23.9. The standard InChI is InChI=1S/C19H20Cl2N2O3/c1-2-26-16-7-4-14(5-8-16)19(25)23-12-18(24)22-10-9-13-3-6-15(20)11-17(13)21/h3-8,11H,2,9-10,12H2,1H3,(H,22,24)(H,23,25). The van der Waals surface area contributed by atoms with Gasteiger partial charge < -0.3 is 15.4 Å². The molecule has 5 nitrogen and oxygen atoms in total. The molecule has 2 amide bonds. The summed E-state index contributed by atoms with van der Waals surface area (Å²) in [5.74, 6) is 0.112. The highest BCUT2D eigenvalue weighted by atomic mass is 35.5. The summed E-state index contributed by atoms with van der Waals surface area (Å²) >= 11 is 11.9. The zero-order valence-electron chi connectivity index (χ0n) is 14.4. The highest BCUT2D eigenvalue weighted by Crippen LogP contribution is 2.21. The Morgan fingerprint density at radius 3 is 2.42 bits per heavy atom. The van der Waals surface area contributed by atoms with Crippen molar-refractivity contribution in [3.8, 4) is 5.75 Å². The van der Waals surface area contributed by atoms with Gasteiger partial charge in [-0.1, -0.05) is 29.3 Å². The van der Waals surface area contributed by atoms with Gasteiger partial charge in [0, 0.05) is 22.2 Å². The minimum atomic E-state index is -0.316. The van der Waals surface area contributed by atoms with E-state index in [2.05, 4.69) is 10.6 Å². The molecule has 0 saturated carbocycles. The fourth-order valence-electron chi connectivity index (χ4n) is 2.26. The molecule has 0 saturated heterocycles. The summed E-state index contributed by atoms with van der Waals surface area (Å²) in [6.07, 6.45) is 0.578. The third kappa shape index (κ3) is 6.24. The van der Waals surface area contributed by atoms with E-state index in [1.54, 1.807) is 36.4 Å². The van der Waals surface area contributed by atoms with Gasteiger partial charge in [-0.3, -0.25) is 9.59 Å². The lowest BCUT2D eigenvalue weighted by molar-refractivity contribution is -0.120.